The van der Waals surface area contributed by atoms with Gasteiger partial charge in [-0.05, 0) is 42.0 Å². The highest BCUT2D eigenvalue weighted by molar-refractivity contribution is 6.06. The van der Waals surface area contributed by atoms with Crippen LogP contribution in [0.4, 0.5) is 0 Å². The Balaban J connectivity index is 1.62. The van der Waals surface area contributed by atoms with E-state index in [4.69, 9.17) is 9.47 Å². The molecule has 0 aliphatic carbocycles. The first kappa shape index (κ1) is 20.3. The monoisotopic (exact) mass is 414 g/mol. The van der Waals surface area contributed by atoms with E-state index >= 15 is 0 Å². The van der Waals surface area contributed by atoms with Crippen LogP contribution in [0.5, 0.6) is 11.5 Å². The number of para-hydroxylation sites is 1. The number of ether oxygens (including phenoxy) is 2. The Kier molecular flexibility index (Phi) is 5.80. The van der Waals surface area contributed by atoms with E-state index in [0.29, 0.717) is 29.0 Å². The number of hydrogen-bond acceptors (Lipinski definition) is 5. The fourth-order valence-electron chi connectivity index (χ4n) is 3.58. The zero-order valence-electron chi connectivity index (χ0n) is 17.3. The number of rotatable bonds is 5. The lowest BCUT2D eigenvalue weighted by Crippen LogP contribution is -2.24. The number of methoxy groups -OCH3 is 1. The van der Waals surface area contributed by atoms with E-state index in [1.54, 1.807) is 43.5 Å². The third-order valence-electron chi connectivity index (χ3n) is 5.14. The molecule has 156 valence electrons. The molecule has 0 N–H and O–H groups in total. The third-order valence-corrected chi connectivity index (χ3v) is 5.14. The fourth-order valence-corrected chi connectivity index (χ4v) is 3.58. The number of nitrogens with zero attached hydrogens (tertiary/aromatic N) is 2. The van der Waals surface area contributed by atoms with Crippen molar-refractivity contribution in [1.29, 1.82) is 0 Å². The van der Waals surface area contributed by atoms with Crippen molar-refractivity contribution in [1.82, 2.24) is 5.01 Å². The molecule has 4 rings (SSSR count). The largest absolute Gasteiger partial charge is 0.497 e. The molecule has 3 aromatic rings. The molecular formula is C25H22N2O4. The van der Waals surface area contributed by atoms with E-state index in [1.807, 2.05) is 42.5 Å². The van der Waals surface area contributed by atoms with E-state index in [9.17, 15) is 9.59 Å². The van der Waals surface area contributed by atoms with Gasteiger partial charge >= 0.3 is 5.97 Å². The summed E-state index contributed by atoms with van der Waals surface area (Å²) in [4.78, 5) is 24.8. The maximum Gasteiger partial charge on any atom is 0.343 e. The highest BCUT2D eigenvalue weighted by Crippen LogP contribution is 2.35. The maximum absolute atomic E-state index is 12.6. The molecule has 1 atom stereocenters. The van der Waals surface area contributed by atoms with Gasteiger partial charge in [0.25, 0.3) is 0 Å². The predicted molar refractivity (Wildman–Crippen MR) is 117 cm³/mol. The van der Waals surface area contributed by atoms with Gasteiger partial charge in [-0.3, -0.25) is 4.79 Å². The smallest absolute Gasteiger partial charge is 0.343 e. The minimum Gasteiger partial charge on any atom is -0.497 e. The first-order valence-corrected chi connectivity index (χ1v) is 9.94. The second-order valence-corrected chi connectivity index (χ2v) is 7.16. The Morgan fingerprint density at radius 2 is 1.61 bits per heavy atom. The highest BCUT2D eigenvalue weighted by atomic mass is 16.5. The van der Waals surface area contributed by atoms with Crippen molar-refractivity contribution in [3.8, 4) is 11.5 Å². The minimum atomic E-state index is -0.443. The summed E-state index contributed by atoms with van der Waals surface area (Å²) in [6, 6.07) is 23.4. The van der Waals surface area contributed by atoms with Gasteiger partial charge in [0, 0.05) is 18.9 Å². The second-order valence-electron chi connectivity index (χ2n) is 7.16. The molecule has 0 saturated carbocycles. The van der Waals surface area contributed by atoms with Gasteiger partial charge in [-0.2, -0.15) is 5.10 Å². The molecule has 0 aromatic heterocycles. The normalized spacial score (nSPS) is 15.4. The zero-order valence-corrected chi connectivity index (χ0v) is 17.3. The fraction of sp³-hybridized carbons (Fsp3) is 0.160. The summed E-state index contributed by atoms with van der Waals surface area (Å²) >= 11 is 0. The molecule has 0 spiro atoms. The molecule has 6 nitrogen and oxygen atoms in total. The average Bonchev–Trinajstić information content (AvgIpc) is 3.26. The lowest BCUT2D eigenvalue weighted by Gasteiger charge is -2.20. The quantitative estimate of drug-likeness (QED) is 0.452. The average molecular weight is 414 g/mol. The van der Waals surface area contributed by atoms with Gasteiger partial charge in [-0.25, -0.2) is 9.80 Å². The molecule has 6 heteroatoms. The minimum absolute atomic E-state index is 0.158. The molecule has 0 bridgehead atoms. The Morgan fingerprint density at radius 1 is 0.935 bits per heavy atom. The Labute approximate surface area is 180 Å². The summed E-state index contributed by atoms with van der Waals surface area (Å²) in [5.41, 5.74) is 2.79. The number of hydrazone groups is 1. The molecule has 1 unspecified atom stereocenters. The van der Waals surface area contributed by atoms with Gasteiger partial charge in [-0.1, -0.05) is 42.5 Å². The molecule has 0 radical (unpaired) electrons. The van der Waals surface area contributed by atoms with Crippen molar-refractivity contribution in [2.75, 3.05) is 7.11 Å². The second kappa shape index (κ2) is 8.83. The summed E-state index contributed by atoms with van der Waals surface area (Å²) in [6.45, 7) is 1.49. The predicted octanol–water partition coefficient (Wildman–Crippen LogP) is 4.61. The Morgan fingerprint density at radius 3 is 2.29 bits per heavy atom. The lowest BCUT2D eigenvalue weighted by molar-refractivity contribution is -0.130. The van der Waals surface area contributed by atoms with Crippen molar-refractivity contribution in [2.24, 2.45) is 5.10 Å². The zero-order chi connectivity index (χ0) is 21.8. The molecule has 0 fully saturated rings. The van der Waals surface area contributed by atoms with Gasteiger partial charge in [0.15, 0.2) is 0 Å². The summed E-state index contributed by atoms with van der Waals surface area (Å²) in [5, 5.41) is 6.06. The van der Waals surface area contributed by atoms with Crippen LogP contribution in [0.2, 0.25) is 0 Å². The summed E-state index contributed by atoms with van der Waals surface area (Å²) < 4.78 is 10.9. The molecule has 1 aliphatic rings. The first-order chi connectivity index (χ1) is 15.1. The van der Waals surface area contributed by atoms with Gasteiger partial charge in [0.1, 0.15) is 11.5 Å². The number of hydrogen-bond donors (Lipinski definition) is 0. The van der Waals surface area contributed by atoms with Crippen LogP contribution in [0.15, 0.2) is 84.0 Å². The molecule has 1 amide bonds. The van der Waals surface area contributed by atoms with Crippen molar-refractivity contribution in [3.05, 3.63) is 95.6 Å². The lowest BCUT2D eigenvalue weighted by atomic mass is 9.98. The molecular weight excluding hydrogens is 392 g/mol. The third kappa shape index (κ3) is 4.33. The van der Waals surface area contributed by atoms with Gasteiger partial charge < -0.3 is 9.47 Å². The van der Waals surface area contributed by atoms with E-state index in [2.05, 4.69) is 5.10 Å². The van der Waals surface area contributed by atoms with E-state index in [0.717, 1.165) is 11.3 Å². The van der Waals surface area contributed by atoms with Crippen LogP contribution in [0.3, 0.4) is 0 Å². The van der Waals surface area contributed by atoms with Crippen molar-refractivity contribution in [3.63, 3.8) is 0 Å². The van der Waals surface area contributed by atoms with Gasteiger partial charge in [0.2, 0.25) is 5.91 Å². The summed E-state index contributed by atoms with van der Waals surface area (Å²) in [7, 11) is 1.61. The number of amides is 1. The number of esters is 1. The summed E-state index contributed by atoms with van der Waals surface area (Å²) in [6.07, 6.45) is 0.506. The molecule has 3 aromatic carbocycles. The van der Waals surface area contributed by atoms with Crippen LogP contribution in [-0.2, 0) is 4.79 Å². The molecule has 1 heterocycles. The standard InChI is InChI=1S/C25H22N2O4/c1-17(28)27-23(18-12-14-20(30-2)15-13-18)16-22(26-27)21-10-6-7-11-24(21)31-25(29)19-8-4-3-5-9-19/h3-15,23H,16H2,1-2H3. The van der Waals surface area contributed by atoms with Crippen LogP contribution in [0.25, 0.3) is 0 Å². The van der Waals surface area contributed by atoms with Gasteiger partial charge in [0.05, 0.1) is 24.4 Å². The van der Waals surface area contributed by atoms with Crippen LogP contribution in [-0.4, -0.2) is 29.7 Å². The number of benzene rings is 3. The summed E-state index contributed by atoms with van der Waals surface area (Å²) in [5.74, 6) is 0.556. The highest BCUT2D eigenvalue weighted by Gasteiger charge is 2.32. The SMILES string of the molecule is COc1ccc(C2CC(c3ccccc3OC(=O)c3ccccc3)=NN2C(C)=O)cc1. The molecule has 0 saturated heterocycles. The molecule has 31 heavy (non-hydrogen) atoms. The van der Waals surface area contributed by atoms with E-state index in [-0.39, 0.29) is 11.9 Å². The van der Waals surface area contributed by atoms with E-state index in [1.165, 1.54) is 11.9 Å². The Bertz CT molecular complexity index is 1120. The van der Waals surface area contributed by atoms with Crippen molar-refractivity contribution < 1.29 is 19.1 Å². The maximum atomic E-state index is 12.6. The molecule has 1 aliphatic heterocycles. The van der Waals surface area contributed by atoms with Crippen molar-refractivity contribution in [2.45, 2.75) is 19.4 Å². The van der Waals surface area contributed by atoms with E-state index < -0.39 is 5.97 Å². The number of carbonyl (C=O) groups excluding carboxylic acids is 2. The van der Waals surface area contributed by atoms with Gasteiger partial charge in [-0.15, -0.1) is 0 Å². The van der Waals surface area contributed by atoms with Crippen LogP contribution in [0, 0.1) is 0 Å². The van der Waals surface area contributed by atoms with Crippen LogP contribution < -0.4 is 9.47 Å². The number of carbonyl (C=O) groups is 2. The van der Waals surface area contributed by atoms with Crippen molar-refractivity contribution >= 4 is 17.6 Å². The first-order valence-electron chi connectivity index (χ1n) is 9.94. The van der Waals surface area contributed by atoms with Crippen LogP contribution >= 0.6 is 0 Å². The Hall–Kier alpha value is -3.93. The van der Waals surface area contributed by atoms with Crippen LogP contribution in [0.1, 0.15) is 40.9 Å². The topological polar surface area (TPSA) is 68.2 Å².